The highest BCUT2D eigenvalue weighted by atomic mass is 16.1. The number of carbonyl (C=O) groups is 1. The van der Waals surface area contributed by atoms with E-state index in [0.717, 1.165) is 6.42 Å². The number of hydrogen-bond donors (Lipinski definition) is 1. The lowest BCUT2D eigenvalue weighted by Gasteiger charge is -2.20. The van der Waals surface area contributed by atoms with Crippen molar-refractivity contribution in [1.82, 2.24) is 5.32 Å². The van der Waals surface area contributed by atoms with Crippen LogP contribution in [-0.2, 0) is 4.79 Å². The molecule has 0 spiro atoms. The van der Waals surface area contributed by atoms with E-state index in [1.807, 2.05) is 20.8 Å². The number of ketones is 1. The summed E-state index contributed by atoms with van der Waals surface area (Å²) < 4.78 is 0. The molecule has 1 N–H and O–H groups in total. The zero-order valence-corrected chi connectivity index (χ0v) is 8.85. The van der Waals surface area contributed by atoms with Crippen LogP contribution in [0.4, 0.5) is 0 Å². The second-order valence-corrected chi connectivity index (χ2v) is 3.84. The molecule has 0 aromatic rings. The predicted molar refractivity (Wildman–Crippen MR) is 54.3 cm³/mol. The number of rotatable bonds is 5. The summed E-state index contributed by atoms with van der Waals surface area (Å²) in [5.41, 5.74) is 0. The topological polar surface area (TPSA) is 29.1 Å². The Balaban J connectivity index is 0. The van der Waals surface area contributed by atoms with Crippen molar-refractivity contribution < 1.29 is 6.22 Å². The largest absolute Gasteiger partial charge is 0.305 e. The van der Waals surface area contributed by atoms with E-state index in [2.05, 4.69) is 19.2 Å². The lowest BCUT2D eigenvalue weighted by Crippen LogP contribution is -2.42. The van der Waals surface area contributed by atoms with E-state index in [1.165, 1.54) is 0 Å². The van der Waals surface area contributed by atoms with Gasteiger partial charge in [0.2, 0.25) is 0 Å². The minimum Gasteiger partial charge on any atom is -0.305 e. The van der Waals surface area contributed by atoms with Crippen LogP contribution in [0, 0.1) is 5.92 Å². The van der Waals surface area contributed by atoms with Crippen LogP contribution in [0.15, 0.2) is 0 Å². The second kappa shape index (κ2) is 5.31. The van der Waals surface area contributed by atoms with Gasteiger partial charge < -0.3 is 5.32 Å². The van der Waals surface area contributed by atoms with E-state index in [4.69, 9.17) is 0 Å². The second-order valence-electron chi connectivity index (χ2n) is 3.84. The fraction of sp³-hybridized carbons (Fsp3) is 0.900. The van der Waals surface area contributed by atoms with Crippen molar-refractivity contribution in [1.29, 1.82) is 0 Å². The zero-order chi connectivity index (χ0) is 9.72. The summed E-state index contributed by atoms with van der Waals surface area (Å²) in [6, 6.07) is 0.433. The average Bonchev–Trinajstić information content (AvgIpc) is 1.98. The molecule has 0 heterocycles. The molecule has 0 aromatic heterocycles. The van der Waals surface area contributed by atoms with Gasteiger partial charge in [0.25, 0.3) is 0 Å². The Labute approximate surface area is 77.2 Å². The van der Waals surface area contributed by atoms with E-state index in [1.54, 1.807) is 0 Å². The van der Waals surface area contributed by atoms with Crippen LogP contribution < -0.4 is 5.32 Å². The van der Waals surface area contributed by atoms with Crippen LogP contribution >= 0.6 is 0 Å². The van der Waals surface area contributed by atoms with Crippen molar-refractivity contribution in [2.75, 3.05) is 0 Å². The third-order valence-corrected chi connectivity index (χ3v) is 1.86. The van der Waals surface area contributed by atoms with Gasteiger partial charge in [0.15, 0.2) is 5.78 Å². The molecule has 0 aliphatic carbocycles. The van der Waals surface area contributed by atoms with Gasteiger partial charge >= 0.3 is 0 Å². The molecule has 0 saturated heterocycles. The first kappa shape index (κ1) is 11.6. The van der Waals surface area contributed by atoms with Gasteiger partial charge in [-0.25, -0.2) is 0 Å². The molecule has 0 bridgehead atoms. The zero-order valence-electron chi connectivity index (χ0n) is 8.85. The molecule has 74 valence electrons. The molecular weight excluding hydrogens is 150 g/mol. The first-order chi connectivity index (χ1) is 5.49. The highest BCUT2D eigenvalue weighted by molar-refractivity contribution is 5.85. The summed E-state index contributed by atoms with van der Waals surface area (Å²) in [6.45, 7) is 10.1. The maximum atomic E-state index is 11.5. The highest BCUT2D eigenvalue weighted by Crippen LogP contribution is 2.03. The minimum atomic E-state index is 0. The standard InChI is InChI=1S/C10H21NO.H2/c1-6-9(11-8(4)5)10(12)7(2)3;/h7-9,11H,6H2,1-5H3;1H. The summed E-state index contributed by atoms with van der Waals surface area (Å²) in [5.74, 6) is 0.465. The van der Waals surface area contributed by atoms with Gasteiger partial charge in [-0.2, -0.15) is 0 Å². The normalized spacial score (nSPS) is 13.9. The summed E-state index contributed by atoms with van der Waals surface area (Å²) in [5, 5.41) is 3.26. The Morgan fingerprint density at radius 1 is 1.33 bits per heavy atom. The Bertz CT molecular complexity index is 146. The van der Waals surface area contributed by atoms with Gasteiger partial charge in [0.05, 0.1) is 6.04 Å². The van der Waals surface area contributed by atoms with Crippen LogP contribution in [-0.4, -0.2) is 17.9 Å². The fourth-order valence-corrected chi connectivity index (χ4v) is 1.21. The van der Waals surface area contributed by atoms with Gasteiger partial charge in [0, 0.05) is 13.4 Å². The molecule has 0 aliphatic rings. The lowest BCUT2D eigenvalue weighted by atomic mass is 9.99. The monoisotopic (exact) mass is 173 g/mol. The van der Waals surface area contributed by atoms with Crippen molar-refractivity contribution in [3.8, 4) is 0 Å². The van der Waals surface area contributed by atoms with E-state index < -0.39 is 0 Å². The fourth-order valence-electron chi connectivity index (χ4n) is 1.21. The van der Waals surface area contributed by atoms with Crippen molar-refractivity contribution in [3.05, 3.63) is 0 Å². The molecule has 2 nitrogen and oxygen atoms in total. The van der Waals surface area contributed by atoms with Crippen LogP contribution in [0.25, 0.3) is 0 Å². The molecule has 0 amide bonds. The van der Waals surface area contributed by atoms with Crippen LogP contribution in [0.1, 0.15) is 42.5 Å². The number of hydrogen-bond acceptors (Lipinski definition) is 2. The Morgan fingerprint density at radius 2 is 1.83 bits per heavy atom. The quantitative estimate of drug-likeness (QED) is 0.690. The van der Waals surface area contributed by atoms with E-state index in [9.17, 15) is 4.79 Å². The third-order valence-electron chi connectivity index (χ3n) is 1.86. The average molecular weight is 173 g/mol. The van der Waals surface area contributed by atoms with Gasteiger partial charge in [-0.05, 0) is 6.42 Å². The van der Waals surface area contributed by atoms with Crippen molar-refractivity contribution >= 4 is 5.78 Å². The molecule has 0 aliphatic heterocycles. The maximum absolute atomic E-state index is 11.5. The van der Waals surface area contributed by atoms with Gasteiger partial charge in [-0.3, -0.25) is 4.79 Å². The van der Waals surface area contributed by atoms with E-state index in [-0.39, 0.29) is 13.4 Å². The number of nitrogens with one attached hydrogen (secondary N) is 1. The van der Waals surface area contributed by atoms with Crippen LogP contribution in [0.2, 0.25) is 0 Å². The maximum Gasteiger partial charge on any atom is 0.152 e. The Morgan fingerprint density at radius 3 is 2.08 bits per heavy atom. The van der Waals surface area contributed by atoms with Gasteiger partial charge in [0.1, 0.15) is 0 Å². The molecule has 0 aromatic carbocycles. The molecule has 0 rings (SSSR count). The molecule has 1 atom stereocenters. The smallest absolute Gasteiger partial charge is 0.152 e. The molecule has 12 heavy (non-hydrogen) atoms. The van der Waals surface area contributed by atoms with Crippen LogP contribution in [0.3, 0.4) is 0 Å². The molecule has 0 fully saturated rings. The SMILES string of the molecule is CCC(NC(C)C)C(=O)C(C)C.[HH]. The first-order valence-electron chi connectivity index (χ1n) is 4.78. The molecule has 0 radical (unpaired) electrons. The highest BCUT2D eigenvalue weighted by Gasteiger charge is 2.19. The lowest BCUT2D eigenvalue weighted by molar-refractivity contribution is -0.124. The molecule has 0 saturated carbocycles. The minimum absolute atomic E-state index is 0. The molecule has 2 heteroatoms. The van der Waals surface area contributed by atoms with Gasteiger partial charge in [-0.15, -0.1) is 0 Å². The Kier molecular flexibility index (Phi) is 5.14. The number of carbonyl (C=O) groups excluding carboxylic acids is 1. The number of Topliss-reactive ketones (excluding diaryl/α,β-unsaturated/α-hetero) is 1. The van der Waals surface area contributed by atoms with Gasteiger partial charge in [-0.1, -0.05) is 34.6 Å². The molecule has 1 unspecified atom stereocenters. The van der Waals surface area contributed by atoms with E-state index >= 15 is 0 Å². The van der Waals surface area contributed by atoms with E-state index in [0.29, 0.717) is 11.8 Å². The molecular formula is C10H23NO. The summed E-state index contributed by atoms with van der Waals surface area (Å²) in [7, 11) is 0. The predicted octanol–water partition coefficient (Wildman–Crippen LogP) is 2.23. The summed E-state index contributed by atoms with van der Waals surface area (Å²) in [4.78, 5) is 11.5. The first-order valence-corrected chi connectivity index (χ1v) is 4.78. The van der Waals surface area contributed by atoms with Crippen molar-refractivity contribution in [3.63, 3.8) is 0 Å². The van der Waals surface area contributed by atoms with Crippen LogP contribution in [0.5, 0.6) is 0 Å². The summed E-state index contributed by atoms with van der Waals surface area (Å²) >= 11 is 0. The van der Waals surface area contributed by atoms with Crippen molar-refractivity contribution in [2.24, 2.45) is 5.92 Å². The Hall–Kier alpha value is -0.370. The van der Waals surface area contributed by atoms with Crippen molar-refractivity contribution in [2.45, 2.75) is 53.1 Å². The summed E-state index contributed by atoms with van der Waals surface area (Å²) in [6.07, 6.45) is 0.884. The third kappa shape index (κ3) is 3.86.